The van der Waals surface area contributed by atoms with Crippen LogP contribution in [0.2, 0.25) is 10.0 Å². The van der Waals surface area contributed by atoms with Crippen molar-refractivity contribution >= 4 is 51.9 Å². The number of hydrazone groups is 1. The van der Waals surface area contributed by atoms with Crippen LogP contribution in [0.3, 0.4) is 0 Å². The van der Waals surface area contributed by atoms with Gasteiger partial charge in [0.25, 0.3) is 0 Å². The summed E-state index contributed by atoms with van der Waals surface area (Å²) in [6.45, 7) is 0. The standard InChI is InChI=1S/C14H13Cl2N3O3S/c1-21-12(20)5-9-7-23-14(18-9)19-17-6-8-3-10(15)13(22-2)11(16)4-8/h3-4,6-7H,5H2,1-2H3,(H,18,19)/b17-6-. The Bertz CT molecular complexity index is 711. The number of anilines is 1. The Morgan fingerprint density at radius 1 is 1.39 bits per heavy atom. The minimum atomic E-state index is -0.340. The van der Waals surface area contributed by atoms with Crippen LogP contribution < -0.4 is 10.2 Å². The van der Waals surface area contributed by atoms with E-state index >= 15 is 0 Å². The highest BCUT2D eigenvalue weighted by Crippen LogP contribution is 2.33. The first-order chi connectivity index (χ1) is 11.0. The van der Waals surface area contributed by atoms with Crippen molar-refractivity contribution < 1.29 is 14.3 Å². The molecule has 2 aromatic rings. The number of nitrogens with zero attached hydrogens (tertiary/aromatic N) is 2. The average Bonchev–Trinajstić information content (AvgIpc) is 2.94. The molecule has 0 fully saturated rings. The zero-order valence-corrected chi connectivity index (χ0v) is 14.6. The predicted octanol–water partition coefficient (Wildman–Crippen LogP) is 3.62. The number of carbonyl (C=O) groups is 1. The number of thiazole rings is 1. The molecule has 0 aliphatic carbocycles. The third-order valence-electron chi connectivity index (χ3n) is 2.70. The molecular weight excluding hydrogens is 361 g/mol. The van der Waals surface area contributed by atoms with Crippen molar-refractivity contribution in [3.63, 3.8) is 0 Å². The Balaban J connectivity index is 2.01. The average molecular weight is 374 g/mol. The van der Waals surface area contributed by atoms with E-state index < -0.39 is 0 Å². The molecule has 1 N–H and O–H groups in total. The van der Waals surface area contributed by atoms with Crippen molar-refractivity contribution in [1.29, 1.82) is 0 Å². The van der Waals surface area contributed by atoms with E-state index in [0.717, 1.165) is 0 Å². The van der Waals surface area contributed by atoms with Crippen LogP contribution in [-0.2, 0) is 16.0 Å². The molecule has 1 aromatic heterocycles. The summed E-state index contributed by atoms with van der Waals surface area (Å²) in [5.74, 6) is 0.0821. The quantitative estimate of drug-likeness (QED) is 0.475. The van der Waals surface area contributed by atoms with Gasteiger partial charge in [-0.25, -0.2) is 4.98 Å². The Kier molecular flexibility index (Phi) is 6.20. The lowest BCUT2D eigenvalue weighted by molar-refractivity contribution is -0.139. The van der Waals surface area contributed by atoms with Gasteiger partial charge in [-0.05, 0) is 17.7 Å². The first-order valence-electron chi connectivity index (χ1n) is 6.36. The van der Waals surface area contributed by atoms with Gasteiger partial charge in [-0.2, -0.15) is 5.10 Å². The van der Waals surface area contributed by atoms with E-state index in [4.69, 9.17) is 27.9 Å². The SMILES string of the molecule is COC(=O)Cc1csc(N/N=C\c2cc(Cl)c(OC)c(Cl)c2)n1. The van der Waals surface area contributed by atoms with E-state index in [0.29, 0.717) is 32.2 Å². The van der Waals surface area contributed by atoms with E-state index in [1.807, 2.05) is 0 Å². The molecule has 0 saturated carbocycles. The number of benzene rings is 1. The topological polar surface area (TPSA) is 72.8 Å². The third kappa shape index (κ3) is 4.82. The van der Waals surface area contributed by atoms with Gasteiger partial charge in [0.1, 0.15) is 0 Å². The Morgan fingerprint density at radius 2 is 2.09 bits per heavy atom. The Morgan fingerprint density at radius 3 is 2.70 bits per heavy atom. The normalized spacial score (nSPS) is 10.8. The minimum absolute atomic E-state index is 0.127. The number of aromatic nitrogens is 1. The highest BCUT2D eigenvalue weighted by Gasteiger charge is 2.08. The highest BCUT2D eigenvalue weighted by molar-refractivity contribution is 7.13. The van der Waals surface area contributed by atoms with Crippen molar-refractivity contribution in [2.75, 3.05) is 19.6 Å². The molecule has 122 valence electrons. The highest BCUT2D eigenvalue weighted by atomic mass is 35.5. The molecule has 23 heavy (non-hydrogen) atoms. The van der Waals surface area contributed by atoms with E-state index in [-0.39, 0.29) is 12.4 Å². The molecule has 2 rings (SSSR count). The van der Waals surface area contributed by atoms with Crippen LogP contribution >= 0.6 is 34.5 Å². The number of hydrogen-bond acceptors (Lipinski definition) is 7. The maximum atomic E-state index is 11.2. The second kappa shape index (κ2) is 8.14. The number of carbonyl (C=O) groups excluding carboxylic acids is 1. The molecule has 0 saturated heterocycles. The van der Waals surface area contributed by atoms with Crippen molar-refractivity contribution in [2.24, 2.45) is 5.10 Å². The largest absolute Gasteiger partial charge is 0.494 e. The maximum absolute atomic E-state index is 11.2. The summed E-state index contributed by atoms with van der Waals surface area (Å²) in [4.78, 5) is 15.4. The van der Waals surface area contributed by atoms with Crippen LogP contribution in [0.5, 0.6) is 5.75 Å². The zero-order chi connectivity index (χ0) is 16.8. The van der Waals surface area contributed by atoms with E-state index in [9.17, 15) is 4.79 Å². The summed E-state index contributed by atoms with van der Waals surface area (Å²) >= 11 is 13.4. The van der Waals surface area contributed by atoms with E-state index in [1.165, 1.54) is 25.6 Å². The summed E-state index contributed by atoms with van der Waals surface area (Å²) < 4.78 is 9.66. The summed E-state index contributed by atoms with van der Waals surface area (Å²) in [7, 11) is 2.83. The number of hydrogen-bond donors (Lipinski definition) is 1. The van der Waals surface area contributed by atoms with Gasteiger partial charge in [-0.1, -0.05) is 23.2 Å². The van der Waals surface area contributed by atoms with Crippen LogP contribution in [0.25, 0.3) is 0 Å². The van der Waals surface area contributed by atoms with Gasteiger partial charge in [0.2, 0.25) is 5.13 Å². The number of esters is 1. The number of ether oxygens (including phenoxy) is 2. The van der Waals surface area contributed by atoms with Crippen LogP contribution in [0.4, 0.5) is 5.13 Å². The Hall–Kier alpha value is -1.83. The lowest BCUT2D eigenvalue weighted by Crippen LogP contribution is -2.04. The molecule has 6 nitrogen and oxygen atoms in total. The third-order valence-corrected chi connectivity index (χ3v) is 4.06. The molecule has 0 spiro atoms. The fourth-order valence-electron chi connectivity index (χ4n) is 1.67. The van der Waals surface area contributed by atoms with E-state index in [1.54, 1.807) is 23.7 Å². The van der Waals surface area contributed by atoms with Crippen LogP contribution in [-0.4, -0.2) is 31.4 Å². The van der Waals surface area contributed by atoms with Gasteiger partial charge in [0.15, 0.2) is 5.75 Å². The second-order valence-corrected chi connectivity index (χ2v) is 5.96. The molecule has 9 heteroatoms. The molecule has 0 aliphatic heterocycles. The molecule has 0 unspecified atom stereocenters. The first-order valence-corrected chi connectivity index (χ1v) is 8.00. The second-order valence-electron chi connectivity index (χ2n) is 4.28. The number of rotatable bonds is 6. The molecule has 0 bridgehead atoms. The smallest absolute Gasteiger partial charge is 0.311 e. The molecule has 0 amide bonds. The number of halogens is 2. The fraction of sp³-hybridized carbons (Fsp3) is 0.214. The van der Waals surface area contributed by atoms with Gasteiger partial charge in [0.05, 0.1) is 42.6 Å². The Labute approximate surface area is 147 Å². The maximum Gasteiger partial charge on any atom is 0.311 e. The van der Waals surface area contributed by atoms with Crippen LogP contribution in [0, 0.1) is 0 Å². The number of methoxy groups -OCH3 is 2. The minimum Gasteiger partial charge on any atom is -0.494 e. The zero-order valence-electron chi connectivity index (χ0n) is 12.3. The van der Waals surface area contributed by atoms with Gasteiger partial charge >= 0.3 is 5.97 Å². The first kappa shape index (κ1) is 17.5. The molecule has 1 heterocycles. The molecule has 0 aliphatic rings. The predicted molar refractivity (Wildman–Crippen MR) is 92.1 cm³/mol. The summed E-state index contributed by atoms with van der Waals surface area (Å²) in [5.41, 5.74) is 4.11. The molecular formula is C14H13Cl2N3O3S. The van der Waals surface area contributed by atoms with E-state index in [2.05, 4.69) is 20.2 Å². The lowest BCUT2D eigenvalue weighted by atomic mass is 10.2. The lowest BCUT2D eigenvalue weighted by Gasteiger charge is -2.06. The van der Waals surface area contributed by atoms with Crippen LogP contribution in [0.15, 0.2) is 22.6 Å². The number of nitrogens with one attached hydrogen (secondary N) is 1. The van der Waals surface area contributed by atoms with Crippen molar-refractivity contribution in [3.05, 3.63) is 38.8 Å². The fourth-order valence-corrected chi connectivity index (χ4v) is 2.99. The van der Waals surface area contributed by atoms with Gasteiger partial charge in [0, 0.05) is 5.38 Å². The van der Waals surface area contributed by atoms with Gasteiger partial charge < -0.3 is 9.47 Å². The monoisotopic (exact) mass is 373 g/mol. The van der Waals surface area contributed by atoms with Crippen LogP contribution in [0.1, 0.15) is 11.3 Å². The molecule has 1 aromatic carbocycles. The van der Waals surface area contributed by atoms with Crippen molar-refractivity contribution in [2.45, 2.75) is 6.42 Å². The summed E-state index contributed by atoms with van der Waals surface area (Å²) in [5, 5.41) is 7.18. The van der Waals surface area contributed by atoms with Gasteiger partial charge in [-0.3, -0.25) is 10.2 Å². The summed E-state index contributed by atoms with van der Waals surface area (Å²) in [6.07, 6.45) is 1.68. The van der Waals surface area contributed by atoms with Gasteiger partial charge in [-0.15, -0.1) is 11.3 Å². The van der Waals surface area contributed by atoms with Crippen molar-refractivity contribution in [3.8, 4) is 5.75 Å². The van der Waals surface area contributed by atoms with Crippen molar-refractivity contribution in [1.82, 2.24) is 4.98 Å². The molecule has 0 radical (unpaired) electrons. The summed E-state index contributed by atoms with van der Waals surface area (Å²) in [6, 6.07) is 3.37. The molecule has 0 atom stereocenters.